The fourth-order valence-corrected chi connectivity index (χ4v) is 2.62. The van der Waals surface area contributed by atoms with E-state index in [2.05, 4.69) is 21.1 Å². The first-order valence-corrected chi connectivity index (χ1v) is 7.24. The molecule has 3 aromatic heterocycles. The minimum Gasteiger partial charge on any atom is -0.497 e. The summed E-state index contributed by atoms with van der Waals surface area (Å²) in [6.07, 6.45) is 5.25. The van der Waals surface area contributed by atoms with Gasteiger partial charge in [-0.25, -0.2) is 9.50 Å². The van der Waals surface area contributed by atoms with E-state index in [1.165, 1.54) is 0 Å². The van der Waals surface area contributed by atoms with E-state index in [4.69, 9.17) is 4.74 Å². The minimum atomic E-state index is 0.808. The molecule has 112 valence electrons. The number of pyridine rings is 2. The summed E-state index contributed by atoms with van der Waals surface area (Å²) in [5, 5.41) is 4.13. The monoisotopic (exact) mass is 302 g/mol. The summed E-state index contributed by atoms with van der Waals surface area (Å²) in [5.41, 5.74) is 4.84. The van der Waals surface area contributed by atoms with E-state index in [1.807, 2.05) is 48.7 Å². The van der Waals surface area contributed by atoms with Crippen molar-refractivity contribution in [1.82, 2.24) is 19.6 Å². The maximum atomic E-state index is 5.32. The summed E-state index contributed by atoms with van der Waals surface area (Å²) in [7, 11) is 1.66. The third-order valence-corrected chi connectivity index (χ3v) is 3.74. The number of rotatable bonds is 3. The molecule has 0 aliphatic rings. The van der Waals surface area contributed by atoms with Gasteiger partial charge in [-0.05, 0) is 35.9 Å². The van der Waals surface area contributed by atoms with Crippen LogP contribution in [0.15, 0.2) is 67.3 Å². The molecule has 0 saturated carbocycles. The summed E-state index contributed by atoms with van der Waals surface area (Å²) < 4.78 is 7.06. The van der Waals surface area contributed by atoms with Gasteiger partial charge in [0.1, 0.15) is 12.1 Å². The number of hydrogen-bond acceptors (Lipinski definition) is 4. The zero-order chi connectivity index (χ0) is 15.6. The van der Waals surface area contributed by atoms with Crippen LogP contribution in [0, 0.1) is 0 Å². The van der Waals surface area contributed by atoms with Crippen molar-refractivity contribution in [2.45, 2.75) is 0 Å². The first-order chi connectivity index (χ1) is 11.3. The van der Waals surface area contributed by atoms with Crippen molar-refractivity contribution in [3.8, 4) is 28.1 Å². The predicted octanol–water partition coefficient (Wildman–Crippen LogP) is 3.47. The van der Waals surface area contributed by atoms with Crippen LogP contribution in [-0.2, 0) is 0 Å². The van der Waals surface area contributed by atoms with Crippen LogP contribution in [0.2, 0.25) is 0 Å². The van der Waals surface area contributed by atoms with Crippen LogP contribution in [0.1, 0.15) is 0 Å². The van der Waals surface area contributed by atoms with E-state index < -0.39 is 0 Å². The molecule has 3 heterocycles. The highest BCUT2D eigenvalue weighted by atomic mass is 16.5. The number of aromatic nitrogens is 4. The van der Waals surface area contributed by atoms with Crippen LogP contribution < -0.4 is 4.74 Å². The molecule has 0 atom stereocenters. The highest BCUT2D eigenvalue weighted by Crippen LogP contribution is 2.31. The van der Waals surface area contributed by atoms with E-state index in [0.29, 0.717) is 0 Å². The Morgan fingerprint density at radius 1 is 0.957 bits per heavy atom. The van der Waals surface area contributed by atoms with Crippen LogP contribution in [0.3, 0.4) is 0 Å². The van der Waals surface area contributed by atoms with E-state index in [-0.39, 0.29) is 0 Å². The van der Waals surface area contributed by atoms with Crippen LogP contribution in [0.4, 0.5) is 0 Å². The van der Waals surface area contributed by atoms with Gasteiger partial charge in [-0.2, -0.15) is 5.10 Å². The summed E-state index contributed by atoms with van der Waals surface area (Å²) in [6, 6.07) is 15.9. The van der Waals surface area contributed by atoms with Gasteiger partial charge in [0.2, 0.25) is 0 Å². The first-order valence-electron chi connectivity index (χ1n) is 7.24. The van der Waals surface area contributed by atoms with Crippen molar-refractivity contribution in [1.29, 1.82) is 0 Å². The third kappa shape index (κ3) is 2.42. The lowest BCUT2D eigenvalue weighted by Gasteiger charge is -2.10. The number of benzene rings is 1. The lowest BCUT2D eigenvalue weighted by atomic mass is 10.00. The van der Waals surface area contributed by atoms with Gasteiger partial charge in [0.25, 0.3) is 0 Å². The molecule has 0 fully saturated rings. The third-order valence-electron chi connectivity index (χ3n) is 3.74. The van der Waals surface area contributed by atoms with Crippen molar-refractivity contribution >= 4 is 5.65 Å². The molecule has 0 N–H and O–H groups in total. The van der Waals surface area contributed by atoms with Crippen molar-refractivity contribution in [2.24, 2.45) is 0 Å². The predicted molar refractivity (Wildman–Crippen MR) is 88.2 cm³/mol. The topological polar surface area (TPSA) is 52.3 Å². The second kappa shape index (κ2) is 5.53. The van der Waals surface area contributed by atoms with Gasteiger partial charge in [-0.15, -0.1) is 0 Å². The van der Waals surface area contributed by atoms with Crippen molar-refractivity contribution in [3.05, 3.63) is 67.3 Å². The van der Waals surface area contributed by atoms with Gasteiger partial charge < -0.3 is 4.74 Å². The average Bonchev–Trinajstić information content (AvgIpc) is 3.09. The standard InChI is InChI=1S/C18H14N4O/c1-23-15-5-2-4-14(10-15)18-16(6-3-8-19-18)13-7-9-22-17(11-13)20-12-21-22/h2-12H,1H3. The smallest absolute Gasteiger partial charge is 0.155 e. The lowest BCUT2D eigenvalue weighted by molar-refractivity contribution is 0.415. The first kappa shape index (κ1) is 13.5. The molecule has 0 aliphatic carbocycles. The Bertz CT molecular complexity index is 977. The number of fused-ring (bicyclic) bond motifs is 1. The van der Waals surface area contributed by atoms with E-state index in [9.17, 15) is 0 Å². The lowest BCUT2D eigenvalue weighted by Crippen LogP contribution is -1.92. The summed E-state index contributed by atoms with van der Waals surface area (Å²) in [5.74, 6) is 0.812. The molecule has 23 heavy (non-hydrogen) atoms. The summed E-state index contributed by atoms with van der Waals surface area (Å²) >= 11 is 0. The van der Waals surface area contributed by atoms with Crippen LogP contribution >= 0.6 is 0 Å². The molecule has 4 rings (SSSR count). The molecule has 0 amide bonds. The van der Waals surface area contributed by atoms with Gasteiger partial charge >= 0.3 is 0 Å². The van der Waals surface area contributed by atoms with Crippen molar-refractivity contribution in [2.75, 3.05) is 7.11 Å². The SMILES string of the molecule is COc1cccc(-c2ncccc2-c2ccn3ncnc3c2)c1. The molecular formula is C18H14N4O. The quantitative estimate of drug-likeness (QED) is 0.581. The van der Waals surface area contributed by atoms with Crippen LogP contribution in [0.25, 0.3) is 28.0 Å². The van der Waals surface area contributed by atoms with Crippen LogP contribution in [-0.4, -0.2) is 26.7 Å². The molecule has 4 aromatic rings. The molecule has 5 nitrogen and oxygen atoms in total. The average molecular weight is 302 g/mol. The van der Waals surface area contributed by atoms with Gasteiger partial charge in [0.05, 0.1) is 12.8 Å². The maximum absolute atomic E-state index is 5.32. The molecule has 5 heteroatoms. The van der Waals surface area contributed by atoms with Crippen LogP contribution in [0.5, 0.6) is 5.75 Å². The Hall–Kier alpha value is -3.21. The Labute approximate surface area is 133 Å². The number of hydrogen-bond donors (Lipinski definition) is 0. The Morgan fingerprint density at radius 3 is 2.83 bits per heavy atom. The molecular weight excluding hydrogens is 288 g/mol. The summed E-state index contributed by atoms with van der Waals surface area (Å²) in [6.45, 7) is 0. The zero-order valence-corrected chi connectivity index (χ0v) is 12.5. The fraction of sp³-hybridized carbons (Fsp3) is 0.0556. The second-order valence-corrected chi connectivity index (χ2v) is 5.11. The van der Waals surface area contributed by atoms with E-state index in [0.717, 1.165) is 33.8 Å². The minimum absolute atomic E-state index is 0.808. The molecule has 0 spiro atoms. The van der Waals surface area contributed by atoms with E-state index in [1.54, 1.807) is 24.1 Å². The molecule has 0 bridgehead atoms. The Morgan fingerprint density at radius 2 is 1.91 bits per heavy atom. The highest BCUT2D eigenvalue weighted by molar-refractivity contribution is 5.82. The normalized spacial score (nSPS) is 10.8. The molecule has 0 radical (unpaired) electrons. The van der Waals surface area contributed by atoms with Gasteiger partial charge in [-0.3, -0.25) is 4.98 Å². The molecule has 1 aromatic carbocycles. The molecule has 0 aliphatic heterocycles. The van der Waals surface area contributed by atoms with Crippen molar-refractivity contribution < 1.29 is 4.74 Å². The Balaban J connectivity index is 1.89. The van der Waals surface area contributed by atoms with Crippen molar-refractivity contribution in [3.63, 3.8) is 0 Å². The largest absolute Gasteiger partial charge is 0.497 e. The maximum Gasteiger partial charge on any atom is 0.155 e. The number of nitrogens with zero attached hydrogens (tertiary/aromatic N) is 4. The van der Waals surface area contributed by atoms with Gasteiger partial charge in [0.15, 0.2) is 5.65 Å². The van der Waals surface area contributed by atoms with Gasteiger partial charge in [0, 0.05) is 23.5 Å². The fourth-order valence-electron chi connectivity index (χ4n) is 2.62. The second-order valence-electron chi connectivity index (χ2n) is 5.11. The van der Waals surface area contributed by atoms with Gasteiger partial charge in [-0.1, -0.05) is 18.2 Å². The zero-order valence-electron chi connectivity index (χ0n) is 12.5. The Kier molecular flexibility index (Phi) is 3.24. The number of ether oxygens (including phenoxy) is 1. The van der Waals surface area contributed by atoms with E-state index >= 15 is 0 Å². The summed E-state index contributed by atoms with van der Waals surface area (Å²) in [4.78, 5) is 8.82. The number of methoxy groups -OCH3 is 1. The highest BCUT2D eigenvalue weighted by Gasteiger charge is 2.10. The molecule has 0 saturated heterocycles. The molecule has 0 unspecified atom stereocenters.